The van der Waals surface area contributed by atoms with Crippen LogP contribution in [-0.4, -0.2) is 27.1 Å². The third-order valence-corrected chi connectivity index (χ3v) is 5.47. The molecule has 0 aliphatic carbocycles. The summed E-state index contributed by atoms with van der Waals surface area (Å²) in [5.74, 6) is -0.786. The predicted molar refractivity (Wildman–Crippen MR) is 99.7 cm³/mol. The van der Waals surface area contributed by atoms with Crippen molar-refractivity contribution in [1.82, 2.24) is 0 Å². The van der Waals surface area contributed by atoms with Crippen LogP contribution < -0.4 is 10.2 Å². The molecule has 3 rings (SSSR count). The van der Waals surface area contributed by atoms with Crippen molar-refractivity contribution in [2.45, 2.75) is 30.9 Å². The monoisotopic (exact) mass is 374 g/mol. The van der Waals surface area contributed by atoms with Gasteiger partial charge in [0.2, 0.25) is 5.43 Å². The van der Waals surface area contributed by atoms with E-state index in [9.17, 15) is 13.8 Å². The first kappa shape index (κ1) is 18.1. The zero-order valence-electron chi connectivity index (χ0n) is 14.6. The van der Waals surface area contributed by atoms with Gasteiger partial charge >= 0.3 is 5.97 Å². The highest BCUT2D eigenvalue weighted by molar-refractivity contribution is 7.85. The quantitative estimate of drug-likeness (QED) is 0.686. The number of carboxylic acids is 1. The number of hydrogen-bond acceptors (Lipinski definition) is 5. The van der Waals surface area contributed by atoms with Crippen LogP contribution in [0.15, 0.2) is 44.4 Å². The van der Waals surface area contributed by atoms with Gasteiger partial charge in [-0.25, -0.2) is 4.79 Å². The fraction of sp³-hybridized carbons (Fsp3) is 0.263. The molecule has 0 fully saturated rings. The summed E-state index contributed by atoms with van der Waals surface area (Å²) in [6, 6.07) is 7.28. The molecule has 26 heavy (non-hydrogen) atoms. The molecular formula is C19H18O6S. The van der Waals surface area contributed by atoms with E-state index in [2.05, 4.69) is 0 Å². The largest absolute Gasteiger partial charge is 0.490 e. The maximum Gasteiger partial charge on any atom is 0.335 e. The SMILES string of the molecule is CCOc1cc(S(=O)C(C)C)cc2c(=O)c3cc(C(=O)O)ccc3oc12. The number of rotatable bonds is 5. The first-order valence-electron chi connectivity index (χ1n) is 8.14. The maximum atomic E-state index is 13.0. The molecule has 0 radical (unpaired) electrons. The van der Waals surface area contributed by atoms with E-state index in [1.165, 1.54) is 24.3 Å². The molecular weight excluding hydrogens is 356 g/mol. The van der Waals surface area contributed by atoms with Gasteiger partial charge in [-0.15, -0.1) is 0 Å². The highest BCUT2D eigenvalue weighted by Crippen LogP contribution is 2.31. The van der Waals surface area contributed by atoms with E-state index in [1.807, 2.05) is 13.8 Å². The summed E-state index contributed by atoms with van der Waals surface area (Å²) in [5.41, 5.74) is 0.145. The highest BCUT2D eigenvalue weighted by atomic mass is 32.2. The van der Waals surface area contributed by atoms with E-state index >= 15 is 0 Å². The Kier molecular flexibility index (Phi) is 4.82. The van der Waals surface area contributed by atoms with Crippen LogP contribution in [0.3, 0.4) is 0 Å². The van der Waals surface area contributed by atoms with E-state index in [0.29, 0.717) is 17.3 Å². The van der Waals surface area contributed by atoms with Crippen LogP contribution in [-0.2, 0) is 10.8 Å². The summed E-state index contributed by atoms with van der Waals surface area (Å²) in [6.45, 7) is 5.80. The Morgan fingerprint density at radius 1 is 1.23 bits per heavy atom. The Balaban J connectivity index is 2.40. The topological polar surface area (TPSA) is 93.8 Å². The van der Waals surface area contributed by atoms with Crippen LogP contribution in [0.2, 0.25) is 0 Å². The second-order valence-electron chi connectivity index (χ2n) is 6.02. The lowest BCUT2D eigenvalue weighted by Crippen LogP contribution is -2.09. The molecule has 0 spiro atoms. The van der Waals surface area contributed by atoms with Gasteiger partial charge in [-0.2, -0.15) is 0 Å². The lowest BCUT2D eigenvalue weighted by atomic mass is 10.1. The fourth-order valence-electron chi connectivity index (χ4n) is 2.69. The first-order valence-corrected chi connectivity index (χ1v) is 9.36. The van der Waals surface area contributed by atoms with Crippen molar-refractivity contribution in [3.05, 3.63) is 46.1 Å². The Labute approximate surface area is 151 Å². The van der Waals surface area contributed by atoms with Gasteiger partial charge in [0.15, 0.2) is 11.3 Å². The molecule has 1 aromatic heterocycles. The molecule has 0 aliphatic heterocycles. The minimum absolute atomic E-state index is 0.00362. The van der Waals surface area contributed by atoms with Crippen LogP contribution in [0.4, 0.5) is 0 Å². The minimum atomic E-state index is -1.31. The van der Waals surface area contributed by atoms with Crippen molar-refractivity contribution in [2.24, 2.45) is 0 Å². The van der Waals surface area contributed by atoms with E-state index < -0.39 is 16.8 Å². The molecule has 1 heterocycles. The molecule has 0 bridgehead atoms. The molecule has 1 unspecified atom stereocenters. The normalized spacial score (nSPS) is 12.6. The Bertz CT molecular complexity index is 1100. The van der Waals surface area contributed by atoms with E-state index in [4.69, 9.17) is 14.3 Å². The number of benzene rings is 2. The van der Waals surface area contributed by atoms with Gasteiger partial charge in [-0.3, -0.25) is 9.00 Å². The van der Waals surface area contributed by atoms with Gasteiger partial charge in [0.05, 0.1) is 33.7 Å². The van der Waals surface area contributed by atoms with Crippen LogP contribution in [0.25, 0.3) is 21.9 Å². The van der Waals surface area contributed by atoms with Gasteiger partial charge in [-0.05, 0) is 31.2 Å². The summed E-state index contributed by atoms with van der Waals surface area (Å²) >= 11 is 0. The lowest BCUT2D eigenvalue weighted by Gasteiger charge is -2.12. The van der Waals surface area contributed by atoms with Crippen LogP contribution in [0, 0.1) is 0 Å². The summed E-state index contributed by atoms with van der Waals surface area (Å²) in [4.78, 5) is 24.6. The Morgan fingerprint density at radius 3 is 2.58 bits per heavy atom. The standard InChI is InChI=1S/C19H18O6S/c1-4-24-16-9-12(26(23)10(2)3)8-14-17(20)13-7-11(19(21)22)5-6-15(13)25-18(14)16/h5-10H,4H2,1-3H3,(H,21,22). The summed E-state index contributed by atoms with van der Waals surface area (Å²) in [5, 5.41) is 9.39. The summed E-state index contributed by atoms with van der Waals surface area (Å²) < 4.78 is 23.9. The fourth-order valence-corrected chi connectivity index (χ4v) is 3.69. The average molecular weight is 374 g/mol. The second-order valence-corrected chi connectivity index (χ2v) is 8.03. The molecule has 1 atom stereocenters. The molecule has 136 valence electrons. The first-order chi connectivity index (χ1) is 12.3. The number of aromatic carboxylic acids is 1. The van der Waals surface area contributed by atoms with Crippen LogP contribution in [0.1, 0.15) is 31.1 Å². The van der Waals surface area contributed by atoms with Crippen molar-refractivity contribution in [3.63, 3.8) is 0 Å². The third-order valence-electron chi connectivity index (χ3n) is 3.92. The predicted octanol–water partition coefficient (Wildman–Crippen LogP) is 3.56. The number of hydrogen-bond donors (Lipinski definition) is 1. The zero-order chi connectivity index (χ0) is 19.0. The van der Waals surface area contributed by atoms with Crippen molar-refractivity contribution < 1.29 is 23.3 Å². The van der Waals surface area contributed by atoms with Crippen molar-refractivity contribution in [1.29, 1.82) is 0 Å². The maximum absolute atomic E-state index is 13.0. The van der Waals surface area contributed by atoms with Crippen molar-refractivity contribution in [3.8, 4) is 5.75 Å². The highest BCUT2D eigenvalue weighted by Gasteiger charge is 2.18. The smallest absolute Gasteiger partial charge is 0.335 e. The molecule has 2 aromatic carbocycles. The molecule has 0 saturated carbocycles. The van der Waals surface area contributed by atoms with E-state index in [0.717, 1.165) is 0 Å². The van der Waals surface area contributed by atoms with Gasteiger partial charge < -0.3 is 14.3 Å². The number of carboxylic acid groups (broad SMARTS) is 1. The van der Waals surface area contributed by atoms with Gasteiger partial charge in [0, 0.05) is 16.2 Å². The minimum Gasteiger partial charge on any atom is -0.490 e. The van der Waals surface area contributed by atoms with Gasteiger partial charge in [-0.1, -0.05) is 13.8 Å². The van der Waals surface area contributed by atoms with Gasteiger partial charge in [0.25, 0.3) is 0 Å². The Hall–Kier alpha value is -2.67. The molecule has 0 amide bonds. The van der Waals surface area contributed by atoms with Crippen LogP contribution in [0.5, 0.6) is 5.75 Å². The zero-order valence-corrected chi connectivity index (χ0v) is 15.4. The molecule has 7 heteroatoms. The van der Waals surface area contributed by atoms with Gasteiger partial charge in [0.1, 0.15) is 5.58 Å². The van der Waals surface area contributed by atoms with Crippen molar-refractivity contribution in [2.75, 3.05) is 6.61 Å². The number of carbonyl (C=O) groups is 1. The average Bonchev–Trinajstić information content (AvgIpc) is 2.61. The lowest BCUT2D eigenvalue weighted by molar-refractivity contribution is 0.0697. The summed E-state index contributed by atoms with van der Waals surface area (Å²) in [7, 11) is -1.31. The number of fused-ring (bicyclic) bond motifs is 2. The van der Waals surface area contributed by atoms with E-state index in [-0.39, 0.29) is 38.2 Å². The molecule has 3 aromatic rings. The Morgan fingerprint density at radius 2 is 1.96 bits per heavy atom. The van der Waals surface area contributed by atoms with Crippen molar-refractivity contribution >= 4 is 38.7 Å². The number of ether oxygens (including phenoxy) is 1. The molecule has 0 aliphatic rings. The third kappa shape index (κ3) is 3.10. The van der Waals surface area contributed by atoms with E-state index in [1.54, 1.807) is 13.0 Å². The molecule has 6 nitrogen and oxygen atoms in total. The summed E-state index contributed by atoms with van der Waals surface area (Å²) in [6.07, 6.45) is 0. The second kappa shape index (κ2) is 6.92. The molecule has 1 N–H and O–H groups in total. The molecule has 0 saturated heterocycles. The van der Waals surface area contributed by atoms with Crippen LogP contribution >= 0.6 is 0 Å².